The van der Waals surface area contributed by atoms with E-state index in [9.17, 15) is 0 Å². The van der Waals surface area contributed by atoms with Crippen LogP contribution in [-0.4, -0.2) is 40.5 Å². The molecule has 4 heteroatoms. The summed E-state index contributed by atoms with van der Waals surface area (Å²) >= 11 is 0. The van der Waals surface area contributed by atoms with Crippen molar-refractivity contribution in [1.82, 2.24) is 20.2 Å². The summed E-state index contributed by atoms with van der Waals surface area (Å²) in [5.74, 6) is 1.65. The van der Waals surface area contributed by atoms with E-state index in [4.69, 9.17) is 9.97 Å². The highest BCUT2D eigenvalue weighted by Gasteiger charge is 2.39. The first-order valence-corrected chi connectivity index (χ1v) is 7.94. The van der Waals surface area contributed by atoms with Gasteiger partial charge >= 0.3 is 0 Å². The number of piperidine rings is 1. The summed E-state index contributed by atoms with van der Waals surface area (Å²) in [7, 11) is 2.28. The Bertz CT molecular complexity index is 460. The quantitative estimate of drug-likeness (QED) is 0.914. The van der Waals surface area contributed by atoms with E-state index in [-0.39, 0.29) is 0 Å². The van der Waals surface area contributed by atoms with Crippen LogP contribution in [0.1, 0.15) is 55.7 Å². The van der Waals surface area contributed by atoms with Gasteiger partial charge in [-0.1, -0.05) is 6.92 Å². The molecule has 1 aromatic heterocycles. The van der Waals surface area contributed by atoms with Crippen LogP contribution in [0, 0.1) is 6.92 Å². The monoisotopic (exact) mass is 274 g/mol. The summed E-state index contributed by atoms with van der Waals surface area (Å²) in [6, 6.07) is 3.61. The third-order valence-corrected chi connectivity index (χ3v) is 4.94. The molecule has 0 aromatic carbocycles. The van der Waals surface area contributed by atoms with Crippen molar-refractivity contribution in [2.45, 2.75) is 64.1 Å². The van der Waals surface area contributed by atoms with Crippen LogP contribution in [0.4, 0.5) is 0 Å². The molecule has 4 nitrogen and oxygen atoms in total. The van der Waals surface area contributed by atoms with Gasteiger partial charge in [-0.2, -0.15) is 0 Å². The van der Waals surface area contributed by atoms with Gasteiger partial charge in [-0.3, -0.25) is 0 Å². The van der Waals surface area contributed by atoms with Crippen molar-refractivity contribution in [1.29, 1.82) is 0 Å². The second kappa shape index (κ2) is 5.78. The predicted molar refractivity (Wildman–Crippen MR) is 80.7 cm³/mol. The van der Waals surface area contributed by atoms with Gasteiger partial charge in [-0.05, 0) is 52.3 Å². The van der Waals surface area contributed by atoms with Crippen LogP contribution in [0.15, 0.2) is 6.07 Å². The zero-order valence-corrected chi connectivity index (χ0v) is 12.9. The molecule has 2 unspecified atom stereocenters. The molecule has 2 saturated heterocycles. The fourth-order valence-corrected chi connectivity index (χ4v) is 3.81. The van der Waals surface area contributed by atoms with Crippen molar-refractivity contribution < 1.29 is 0 Å². The van der Waals surface area contributed by atoms with E-state index < -0.39 is 0 Å². The Hall–Kier alpha value is -1.00. The Kier molecular flexibility index (Phi) is 4.03. The lowest BCUT2D eigenvalue weighted by Crippen LogP contribution is -2.39. The van der Waals surface area contributed by atoms with E-state index in [2.05, 4.69) is 37.2 Å². The van der Waals surface area contributed by atoms with E-state index >= 15 is 0 Å². The zero-order valence-electron chi connectivity index (χ0n) is 12.9. The summed E-state index contributed by atoms with van der Waals surface area (Å²) in [4.78, 5) is 12.1. The van der Waals surface area contributed by atoms with Crippen molar-refractivity contribution in [2.24, 2.45) is 0 Å². The van der Waals surface area contributed by atoms with Crippen LogP contribution < -0.4 is 5.32 Å². The van der Waals surface area contributed by atoms with Crippen molar-refractivity contribution in [3.63, 3.8) is 0 Å². The van der Waals surface area contributed by atoms with E-state index in [1.807, 2.05) is 0 Å². The number of nitrogens with zero attached hydrogens (tertiary/aromatic N) is 3. The minimum absolute atomic E-state index is 0.559. The van der Waals surface area contributed by atoms with Crippen molar-refractivity contribution in [3.05, 3.63) is 23.3 Å². The fourth-order valence-electron chi connectivity index (χ4n) is 3.81. The third kappa shape index (κ3) is 2.72. The molecule has 2 fully saturated rings. The average molecular weight is 274 g/mol. The summed E-state index contributed by atoms with van der Waals surface area (Å²) < 4.78 is 0. The number of rotatable bonds is 4. The highest BCUT2D eigenvalue weighted by molar-refractivity contribution is 5.14. The molecule has 20 heavy (non-hydrogen) atoms. The molecule has 1 aromatic rings. The maximum atomic E-state index is 4.82. The minimum atomic E-state index is 0.559. The van der Waals surface area contributed by atoms with Gasteiger partial charge in [0.05, 0.1) is 5.69 Å². The zero-order chi connectivity index (χ0) is 14.1. The maximum absolute atomic E-state index is 4.82. The van der Waals surface area contributed by atoms with Crippen LogP contribution in [0.3, 0.4) is 0 Å². The van der Waals surface area contributed by atoms with E-state index in [0.717, 1.165) is 42.4 Å². The first kappa shape index (κ1) is 14.0. The summed E-state index contributed by atoms with van der Waals surface area (Å²) in [5.41, 5.74) is 2.25. The van der Waals surface area contributed by atoms with Crippen LogP contribution >= 0.6 is 0 Å². The lowest BCUT2D eigenvalue weighted by Gasteiger charge is -2.35. The molecule has 2 atom stereocenters. The molecule has 3 heterocycles. The summed E-state index contributed by atoms with van der Waals surface area (Å²) in [6.45, 7) is 6.05. The number of nitrogens with one attached hydrogen (secondary N) is 1. The number of fused-ring (bicyclic) bond motifs is 2. The lowest BCUT2D eigenvalue weighted by molar-refractivity contribution is 0.158. The maximum Gasteiger partial charge on any atom is 0.132 e. The average Bonchev–Trinajstić information content (AvgIpc) is 2.66. The molecule has 110 valence electrons. The van der Waals surface area contributed by atoms with Crippen molar-refractivity contribution >= 4 is 0 Å². The Labute approximate surface area is 122 Å². The molecule has 2 bridgehead atoms. The first-order valence-electron chi connectivity index (χ1n) is 7.94. The molecular weight excluding hydrogens is 248 g/mol. The van der Waals surface area contributed by atoms with Crippen LogP contribution in [0.25, 0.3) is 0 Å². The normalized spacial score (nSPS) is 29.9. The van der Waals surface area contributed by atoms with Crippen LogP contribution in [0.2, 0.25) is 0 Å². The Morgan fingerprint density at radius 1 is 1.25 bits per heavy atom. The summed E-state index contributed by atoms with van der Waals surface area (Å²) in [6.07, 6.45) is 5.18. The molecule has 0 amide bonds. The van der Waals surface area contributed by atoms with Crippen LogP contribution in [-0.2, 0) is 6.54 Å². The SMILES string of the molecule is CCNCc1cc(C)nc(C2CC3CCC(C2)N3C)n1. The fraction of sp³-hybridized carbons (Fsp3) is 0.750. The second-order valence-corrected chi connectivity index (χ2v) is 6.36. The molecule has 2 aliphatic heterocycles. The van der Waals surface area contributed by atoms with Gasteiger partial charge in [0.25, 0.3) is 0 Å². The molecular formula is C16H26N4. The highest BCUT2D eigenvalue weighted by atomic mass is 15.2. The van der Waals surface area contributed by atoms with E-state index in [1.165, 1.54) is 25.7 Å². The van der Waals surface area contributed by atoms with Gasteiger partial charge < -0.3 is 10.2 Å². The molecule has 1 N–H and O–H groups in total. The molecule has 3 rings (SSSR count). The van der Waals surface area contributed by atoms with Gasteiger partial charge in [0.1, 0.15) is 5.82 Å². The predicted octanol–water partition coefficient (Wildman–Crippen LogP) is 2.23. The third-order valence-electron chi connectivity index (χ3n) is 4.94. The smallest absolute Gasteiger partial charge is 0.132 e. The number of aryl methyl sites for hydroxylation is 1. The largest absolute Gasteiger partial charge is 0.311 e. The Morgan fingerprint density at radius 2 is 1.95 bits per heavy atom. The van der Waals surface area contributed by atoms with E-state index in [0.29, 0.717) is 5.92 Å². The number of hydrogen-bond donors (Lipinski definition) is 1. The van der Waals surface area contributed by atoms with E-state index in [1.54, 1.807) is 0 Å². The first-order chi connectivity index (χ1) is 9.67. The highest BCUT2D eigenvalue weighted by Crippen LogP contribution is 2.41. The number of aromatic nitrogens is 2. The van der Waals surface area contributed by atoms with Gasteiger partial charge in [-0.25, -0.2) is 9.97 Å². The molecule has 0 spiro atoms. The topological polar surface area (TPSA) is 41.1 Å². The molecule has 0 aliphatic carbocycles. The molecule has 2 aliphatic rings. The standard InChI is InChI=1S/C16H26N4/c1-4-17-10-13-7-11(2)18-16(19-13)12-8-14-5-6-15(9-12)20(14)3/h7,12,14-15,17H,4-6,8-10H2,1-3H3. The van der Waals surface area contributed by atoms with Gasteiger partial charge in [0, 0.05) is 30.2 Å². The van der Waals surface area contributed by atoms with Crippen molar-refractivity contribution in [2.75, 3.05) is 13.6 Å². The summed E-state index contributed by atoms with van der Waals surface area (Å²) in [5, 5.41) is 3.36. The van der Waals surface area contributed by atoms with Crippen molar-refractivity contribution in [3.8, 4) is 0 Å². The Morgan fingerprint density at radius 3 is 2.60 bits per heavy atom. The number of hydrogen-bond acceptors (Lipinski definition) is 4. The second-order valence-electron chi connectivity index (χ2n) is 6.36. The lowest BCUT2D eigenvalue weighted by atomic mass is 9.90. The molecule has 0 radical (unpaired) electrons. The Balaban J connectivity index is 1.78. The minimum Gasteiger partial charge on any atom is -0.311 e. The van der Waals surface area contributed by atoms with Gasteiger partial charge in [0.15, 0.2) is 0 Å². The molecule has 0 saturated carbocycles. The van der Waals surface area contributed by atoms with Gasteiger partial charge in [0.2, 0.25) is 0 Å². The van der Waals surface area contributed by atoms with Crippen LogP contribution in [0.5, 0.6) is 0 Å². The van der Waals surface area contributed by atoms with Gasteiger partial charge in [-0.15, -0.1) is 0 Å².